The molecule has 2 aromatic rings. The van der Waals surface area contributed by atoms with Crippen LogP contribution in [0.1, 0.15) is 24.8 Å². The molecule has 3 aliphatic rings. The first kappa shape index (κ1) is 22.1. The second-order valence-corrected chi connectivity index (χ2v) is 10.7. The van der Waals surface area contributed by atoms with E-state index in [1.165, 1.54) is 5.56 Å². The molecule has 3 heterocycles. The number of sulfonamides is 1. The molecule has 5 rings (SSSR count). The van der Waals surface area contributed by atoms with Gasteiger partial charge in [0.15, 0.2) is 0 Å². The van der Waals surface area contributed by atoms with Gasteiger partial charge in [-0.2, -0.15) is 0 Å². The molecule has 3 atom stereocenters. The molecule has 33 heavy (non-hydrogen) atoms. The molecule has 2 N–H and O–H groups in total. The number of fused-ring (bicyclic) bond motifs is 2. The van der Waals surface area contributed by atoms with Crippen LogP contribution in [0.2, 0.25) is 0 Å². The van der Waals surface area contributed by atoms with E-state index in [-0.39, 0.29) is 34.8 Å². The lowest BCUT2D eigenvalue weighted by Gasteiger charge is -2.37. The van der Waals surface area contributed by atoms with E-state index in [1.54, 1.807) is 30.3 Å². The Morgan fingerprint density at radius 2 is 1.85 bits per heavy atom. The predicted octanol–water partition coefficient (Wildman–Crippen LogP) is 1.28. The first-order chi connectivity index (χ1) is 15.9. The average Bonchev–Trinajstić information content (AvgIpc) is 3.44. The van der Waals surface area contributed by atoms with Gasteiger partial charge in [-0.3, -0.25) is 14.5 Å². The third-order valence-electron chi connectivity index (χ3n) is 6.88. The highest BCUT2D eigenvalue weighted by Gasteiger charge is 2.44. The second-order valence-electron chi connectivity index (χ2n) is 8.94. The van der Waals surface area contributed by atoms with Crippen LogP contribution in [0, 0.1) is 0 Å². The molecule has 0 saturated carbocycles. The molecule has 2 fully saturated rings. The fourth-order valence-electron chi connectivity index (χ4n) is 5.24. The first-order valence-corrected chi connectivity index (χ1v) is 12.9. The van der Waals surface area contributed by atoms with Gasteiger partial charge in [-0.15, -0.1) is 0 Å². The van der Waals surface area contributed by atoms with E-state index < -0.39 is 10.0 Å². The largest absolute Gasteiger partial charge is 0.353 e. The molecule has 9 heteroatoms. The Balaban J connectivity index is 1.22. The van der Waals surface area contributed by atoms with Crippen molar-refractivity contribution in [1.29, 1.82) is 0 Å². The standard InChI is InChI=1S/C24H28N4O4S/c29-23(27-13-12-17-6-4-5-9-21(17)27)11-10-19-15-25-24(30)22-14-18(16-28(19)22)26-33(31,32)20-7-2-1-3-8-20/h1-9,18-19,22,26H,10-16H2,(H,25,30)/t18-,19-,22+/m1/s1. The number of carbonyl (C=O) groups excluding carboxylic acids is 2. The molecule has 2 aromatic carbocycles. The van der Waals surface area contributed by atoms with Gasteiger partial charge in [0.05, 0.1) is 10.9 Å². The molecule has 0 radical (unpaired) electrons. The summed E-state index contributed by atoms with van der Waals surface area (Å²) >= 11 is 0. The van der Waals surface area contributed by atoms with Crippen molar-refractivity contribution in [3.8, 4) is 0 Å². The van der Waals surface area contributed by atoms with Crippen molar-refractivity contribution in [2.24, 2.45) is 0 Å². The summed E-state index contributed by atoms with van der Waals surface area (Å²) in [7, 11) is -3.66. The van der Waals surface area contributed by atoms with E-state index in [9.17, 15) is 18.0 Å². The Morgan fingerprint density at radius 3 is 2.67 bits per heavy atom. The minimum absolute atomic E-state index is 0.000672. The summed E-state index contributed by atoms with van der Waals surface area (Å²) in [6.07, 6.45) is 2.30. The zero-order valence-corrected chi connectivity index (χ0v) is 19.1. The fraction of sp³-hybridized carbons (Fsp3) is 0.417. The topological polar surface area (TPSA) is 98.8 Å². The van der Waals surface area contributed by atoms with Gasteiger partial charge in [0.1, 0.15) is 0 Å². The number of piperazine rings is 1. The fourth-order valence-corrected chi connectivity index (χ4v) is 6.50. The number of hydrogen-bond donors (Lipinski definition) is 2. The number of nitrogens with one attached hydrogen (secondary N) is 2. The number of nitrogens with zero attached hydrogens (tertiary/aromatic N) is 2. The van der Waals surface area contributed by atoms with Crippen LogP contribution in [0.3, 0.4) is 0 Å². The molecule has 0 unspecified atom stereocenters. The molecule has 0 spiro atoms. The Hall–Kier alpha value is -2.75. The van der Waals surface area contributed by atoms with Crippen LogP contribution < -0.4 is 14.9 Å². The van der Waals surface area contributed by atoms with E-state index in [0.717, 1.165) is 12.1 Å². The Morgan fingerprint density at radius 1 is 1.09 bits per heavy atom. The zero-order valence-electron chi connectivity index (χ0n) is 18.3. The number of benzene rings is 2. The number of para-hydroxylation sites is 1. The summed E-state index contributed by atoms with van der Waals surface area (Å²) in [6, 6.07) is 15.5. The monoisotopic (exact) mass is 468 g/mol. The SMILES string of the molecule is O=C1NC[C@@H](CCC(=O)N2CCc3ccccc32)N2C[C@H](NS(=O)(=O)c3ccccc3)C[C@@H]12. The van der Waals surface area contributed by atoms with Crippen LogP contribution in [0.5, 0.6) is 0 Å². The van der Waals surface area contributed by atoms with Gasteiger partial charge in [-0.05, 0) is 43.0 Å². The third kappa shape index (κ3) is 4.40. The normalized spacial score (nSPS) is 24.9. The maximum absolute atomic E-state index is 12.9. The Kier molecular flexibility index (Phi) is 5.94. The molecule has 8 nitrogen and oxygen atoms in total. The molecular weight excluding hydrogens is 440 g/mol. The predicted molar refractivity (Wildman–Crippen MR) is 124 cm³/mol. The molecule has 2 amide bonds. The highest BCUT2D eigenvalue weighted by molar-refractivity contribution is 7.89. The lowest BCUT2D eigenvalue weighted by atomic mass is 10.0. The molecule has 0 aromatic heterocycles. The number of hydrogen-bond acceptors (Lipinski definition) is 5. The van der Waals surface area contributed by atoms with Crippen molar-refractivity contribution in [1.82, 2.24) is 14.9 Å². The molecule has 174 valence electrons. The van der Waals surface area contributed by atoms with Gasteiger partial charge in [0.2, 0.25) is 21.8 Å². The van der Waals surface area contributed by atoms with Crippen LogP contribution in [0.25, 0.3) is 0 Å². The van der Waals surface area contributed by atoms with Gasteiger partial charge < -0.3 is 10.2 Å². The van der Waals surface area contributed by atoms with Crippen molar-refractivity contribution in [2.75, 3.05) is 24.5 Å². The molecule has 2 saturated heterocycles. The van der Waals surface area contributed by atoms with Crippen molar-refractivity contribution >= 4 is 27.5 Å². The third-order valence-corrected chi connectivity index (χ3v) is 8.41. The lowest BCUT2D eigenvalue weighted by Crippen LogP contribution is -2.58. The highest BCUT2D eigenvalue weighted by Crippen LogP contribution is 2.30. The summed E-state index contributed by atoms with van der Waals surface area (Å²) in [5.74, 6) is 0.0152. The van der Waals surface area contributed by atoms with Gasteiger partial charge in [-0.1, -0.05) is 36.4 Å². The molecule has 0 bridgehead atoms. The van der Waals surface area contributed by atoms with E-state index in [1.807, 2.05) is 23.1 Å². The molecule has 0 aliphatic carbocycles. The van der Waals surface area contributed by atoms with E-state index in [0.29, 0.717) is 38.9 Å². The second kappa shape index (κ2) is 8.89. The summed E-state index contributed by atoms with van der Waals surface area (Å²) < 4.78 is 28.2. The van der Waals surface area contributed by atoms with Gasteiger partial charge in [-0.25, -0.2) is 13.1 Å². The van der Waals surface area contributed by atoms with E-state index in [4.69, 9.17) is 0 Å². The van der Waals surface area contributed by atoms with E-state index in [2.05, 4.69) is 21.0 Å². The quantitative estimate of drug-likeness (QED) is 0.666. The zero-order chi connectivity index (χ0) is 23.0. The minimum atomic E-state index is -3.66. The van der Waals surface area contributed by atoms with Crippen LogP contribution in [0.4, 0.5) is 5.69 Å². The van der Waals surface area contributed by atoms with Crippen LogP contribution in [-0.2, 0) is 26.0 Å². The number of carbonyl (C=O) groups is 2. The summed E-state index contributed by atoms with van der Waals surface area (Å²) in [6.45, 7) is 1.63. The van der Waals surface area contributed by atoms with E-state index >= 15 is 0 Å². The summed E-state index contributed by atoms with van der Waals surface area (Å²) in [5.41, 5.74) is 2.19. The number of amides is 2. The van der Waals surface area contributed by atoms with Gasteiger partial charge in [0, 0.05) is 43.8 Å². The number of rotatable bonds is 6. The van der Waals surface area contributed by atoms with Gasteiger partial charge in [0.25, 0.3) is 0 Å². The molecular formula is C24H28N4O4S. The Bertz CT molecular complexity index is 1150. The smallest absolute Gasteiger partial charge is 0.240 e. The van der Waals surface area contributed by atoms with Gasteiger partial charge >= 0.3 is 0 Å². The van der Waals surface area contributed by atoms with Crippen LogP contribution in [-0.4, -0.2) is 62.9 Å². The highest BCUT2D eigenvalue weighted by atomic mass is 32.2. The van der Waals surface area contributed by atoms with Crippen molar-refractivity contribution in [3.05, 3.63) is 60.2 Å². The maximum atomic E-state index is 12.9. The lowest BCUT2D eigenvalue weighted by molar-refractivity contribution is -0.129. The van der Waals surface area contributed by atoms with Crippen molar-refractivity contribution < 1.29 is 18.0 Å². The number of anilines is 1. The summed E-state index contributed by atoms with van der Waals surface area (Å²) in [4.78, 5) is 29.6. The minimum Gasteiger partial charge on any atom is -0.353 e. The van der Waals surface area contributed by atoms with Crippen LogP contribution >= 0.6 is 0 Å². The first-order valence-electron chi connectivity index (χ1n) is 11.4. The van der Waals surface area contributed by atoms with Crippen molar-refractivity contribution in [2.45, 2.75) is 48.7 Å². The average molecular weight is 469 g/mol. The van der Waals surface area contributed by atoms with Crippen molar-refractivity contribution in [3.63, 3.8) is 0 Å². The van der Waals surface area contributed by atoms with Crippen LogP contribution in [0.15, 0.2) is 59.5 Å². The maximum Gasteiger partial charge on any atom is 0.240 e. The summed E-state index contributed by atoms with van der Waals surface area (Å²) in [5, 5.41) is 2.94. The Labute approximate surface area is 194 Å². The molecule has 3 aliphatic heterocycles.